The molecular formula is C16H24N2O2. The van der Waals surface area contributed by atoms with E-state index >= 15 is 0 Å². The summed E-state index contributed by atoms with van der Waals surface area (Å²) < 4.78 is 0. The molecule has 0 aromatic heterocycles. The third kappa shape index (κ3) is 5.03. The number of nitrogens with zero attached hydrogens (tertiary/aromatic N) is 2. The summed E-state index contributed by atoms with van der Waals surface area (Å²) in [6, 6.07) is 9.91. The minimum absolute atomic E-state index is 0.00515. The fourth-order valence-electron chi connectivity index (χ4n) is 2.05. The van der Waals surface area contributed by atoms with E-state index in [4.69, 9.17) is 0 Å². The summed E-state index contributed by atoms with van der Waals surface area (Å²) in [6.45, 7) is 5.41. The summed E-state index contributed by atoms with van der Waals surface area (Å²) in [4.78, 5) is 27.2. The van der Waals surface area contributed by atoms with Gasteiger partial charge in [0.05, 0.1) is 6.54 Å². The highest BCUT2D eigenvalue weighted by molar-refractivity contribution is 5.84. The first-order chi connectivity index (χ1) is 9.58. The molecule has 0 spiro atoms. The second-order valence-electron chi connectivity index (χ2n) is 4.80. The maximum atomic E-state index is 12.0. The van der Waals surface area contributed by atoms with Crippen LogP contribution in [-0.4, -0.2) is 48.3 Å². The van der Waals surface area contributed by atoms with Crippen LogP contribution in [0, 0.1) is 0 Å². The number of hydrogen-bond donors (Lipinski definition) is 0. The third-order valence-corrected chi connectivity index (χ3v) is 3.38. The van der Waals surface area contributed by atoms with Crippen molar-refractivity contribution < 1.29 is 9.59 Å². The van der Waals surface area contributed by atoms with Crippen LogP contribution in [0.15, 0.2) is 30.3 Å². The maximum absolute atomic E-state index is 12.0. The van der Waals surface area contributed by atoms with Gasteiger partial charge in [0.1, 0.15) is 0 Å². The molecule has 0 aliphatic carbocycles. The fraction of sp³-hybridized carbons (Fsp3) is 0.500. The Morgan fingerprint density at radius 2 is 1.60 bits per heavy atom. The van der Waals surface area contributed by atoms with Gasteiger partial charge in [0.15, 0.2) is 0 Å². The van der Waals surface area contributed by atoms with Crippen molar-refractivity contribution in [3.05, 3.63) is 35.9 Å². The lowest BCUT2D eigenvalue weighted by Gasteiger charge is -2.23. The quantitative estimate of drug-likeness (QED) is 0.763. The summed E-state index contributed by atoms with van der Waals surface area (Å²) in [5, 5.41) is 0. The van der Waals surface area contributed by atoms with Crippen LogP contribution in [0.25, 0.3) is 0 Å². The van der Waals surface area contributed by atoms with Crippen molar-refractivity contribution in [1.29, 1.82) is 0 Å². The van der Waals surface area contributed by atoms with E-state index in [1.165, 1.54) is 4.90 Å². The maximum Gasteiger partial charge on any atom is 0.242 e. The molecule has 1 aromatic carbocycles. The average Bonchev–Trinajstić information content (AvgIpc) is 2.47. The van der Waals surface area contributed by atoms with Gasteiger partial charge >= 0.3 is 0 Å². The van der Waals surface area contributed by atoms with Crippen molar-refractivity contribution in [3.63, 3.8) is 0 Å². The van der Waals surface area contributed by atoms with Crippen molar-refractivity contribution in [2.75, 3.05) is 26.7 Å². The molecule has 0 bridgehead atoms. The molecule has 4 heteroatoms. The third-order valence-electron chi connectivity index (χ3n) is 3.38. The van der Waals surface area contributed by atoms with Crippen LogP contribution in [0.3, 0.4) is 0 Å². The van der Waals surface area contributed by atoms with Crippen molar-refractivity contribution in [2.45, 2.75) is 26.7 Å². The predicted molar refractivity (Wildman–Crippen MR) is 80.3 cm³/mol. The number of carbonyl (C=O) groups excluding carboxylic acids is 2. The molecule has 0 aliphatic heterocycles. The van der Waals surface area contributed by atoms with Gasteiger partial charge in [-0.2, -0.15) is 0 Å². The molecule has 110 valence electrons. The topological polar surface area (TPSA) is 40.6 Å². The van der Waals surface area contributed by atoms with Crippen molar-refractivity contribution in [2.24, 2.45) is 0 Å². The summed E-state index contributed by atoms with van der Waals surface area (Å²) in [6.07, 6.45) is 1.15. The average molecular weight is 276 g/mol. The van der Waals surface area contributed by atoms with Crippen molar-refractivity contribution >= 4 is 11.8 Å². The van der Waals surface area contributed by atoms with E-state index in [1.54, 1.807) is 11.9 Å². The van der Waals surface area contributed by atoms with Crippen LogP contribution in [0.1, 0.15) is 25.8 Å². The van der Waals surface area contributed by atoms with Crippen LogP contribution in [0.2, 0.25) is 0 Å². The smallest absolute Gasteiger partial charge is 0.242 e. The molecule has 2 amide bonds. The minimum Gasteiger partial charge on any atom is -0.342 e. The molecule has 1 aromatic rings. The van der Waals surface area contributed by atoms with E-state index in [-0.39, 0.29) is 18.4 Å². The molecule has 0 heterocycles. The zero-order valence-corrected chi connectivity index (χ0v) is 12.6. The molecule has 0 aliphatic rings. The Morgan fingerprint density at radius 1 is 1.00 bits per heavy atom. The van der Waals surface area contributed by atoms with Gasteiger partial charge in [0, 0.05) is 26.6 Å². The zero-order valence-electron chi connectivity index (χ0n) is 12.6. The summed E-state index contributed by atoms with van der Waals surface area (Å²) in [7, 11) is 1.69. The van der Waals surface area contributed by atoms with Gasteiger partial charge in [-0.05, 0) is 25.8 Å². The molecule has 0 radical (unpaired) electrons. The summed E-state index contributed by atoms with van der Waals surface area (Å²) >= 11 is 0. The zero-order chi connectivity index (χ0) is 15.0. The minimum atomic E-state index is 0.00515. The van der Waals surface area contributed by atoms with Gasteiger partial charge in [-0.15, -0.1) is 0 Å². The van der Waals surface area contributed by atoms with Crippen LogP contribution in [0.4, 0.5) is 0 Å². The molecule has 0 saturated heterocycles. The van der Waals surface area contributed by atoms with Crippen LogP contribution >= 0.6 is 0 Å². The predicted octanol–water partition coefficient (Wildman–Crippen LogP) is 1.95. The fourth-order valence-corrected chi connectivity index (χ4v) is 2.05. The first-order valence-electron chi connectivity index (χ1n) is 7.14. The highest BCUT2D eigenvalue weighted by Crippen LogP contribution is 2.04. The Balaban J connectivity index is 2.41. The Morgan fingerprint density at radius 3 is 2.15 bits per heavy atom. The van der Waals surface area contributed by atoms with Crippen molar-refractivity contribution in [1.82, 2.24) is 9.80 Å². The van der Waals surface area contributed by atoms with E-state index in [0.29, 0.717) is 25.9 Å². The Hall–Kier alpha value is -1.84. The van der Waals surface area contributed by atoms with Crippen LogP contribution in [0.5, 0.6) is 0 Å². The lowest BCUT2D eigenvalue weighted by atomic mass is 10.1. The molecule has 1 rings (SSSR count). The molecule has 4 nitrogen and oxygen atoms in total. The number of aryl methyl sites for hydroxylation is 1. The largest absolute Gasteiger partial charge is 0.342 e. The second kappa shape index (κ2) is 8.35. The number of amides is 2. The number of benzene rings is 1. The second-order valence-corrected chi connectivity index (χ2v) is 4.80. The monoisotopic (exact) mass is 276 g/mol. The molecule has 0 fully saturated rings. The molecule has 0 unspecified atom stereocenters. The van der Waals surface area contributed by atoms with Gasteiger partial charge in [0.25, 0.3) is 0 Å². The van der Waals surface area contributed by atoms with E-state index in [0.717, 1.165) is 5.56 Å². The first-order valence-corrected chi connectivity index (χ1v) is 7.14. The van der Waals surface area contributed by atoms with E-state index in [2.05, 4.69) is 0 Å². The van der Waals surface area contributed by atoms with Crippen molar-refractivity contribution in [3.8, 4) is 0 Å². The summed E-state index contributed by atoms with van der Waals surface area (Å²) in [5.74, 6) is 0.0138. The normalized spacial score (nSPS) is 10.2. The lowest BCUT2D eigenvalue weighted by Crippen LogP contribution is -2.41. The molecule has 20 heavy (non-hydrogen) atoms. The highest BCUT2D eigenvalue weighted by Gasteiger charge is 2.16. The van der Waals surface area contributed by atoms with E-state index in [1.807, 2.05) is 44.2 Å². The number of carbonyl (C=O) groups is 2. The number of rotatable bonds is 7. The van der Waals surface area contributed by atoms with Gasteiger partial charge in [-0.3, -0.25) is 9.59 Å². The van der Waals surface area contributed by atoms with E-state index < -0.39 is 0 Å². The number of hydrogen-bond acceptors (Lipinski definition) is 2. The standard InChI is InChI=1S/C16H24N2O2/c1-4-18(5-2)16(20)13-17(3)15(19)12-11-14-9-7-6-8-10-14/h6-10H,4-5,11-13H2,1-3H3. The lowest BCUT2D eigenvalue weighted by molar-refractivity contribution is -0.139. The molecule has 0 saturated carbocycles. The van der Waals surface area contributed by atoms with Gasteiger partial charge in [-0.1, -0.05) is 30.3 Å². The highest BCUT2D eigenvalue weighted by atomic mass is 16.2. The van der Waals surface area contributed by atoms with Crippen LogP contribution < -0.4 is 0 Å². The Labute approximate surface area is 121 Å². The molecular weight excluding hydrogens is 252 g/mol. The van der Waals surface area contributed by atoms with Gasteiger partial charge in [-0.25, -0.2) is 0 Å². The van der Waals surface area contributed by atoms with E-state index in [9.17, 15) is 9.59 Å². The Bertz CT molecular complexity index is 427. The van der Waals surface area contributed by atoms with Crippen LogP contribution in [-0.2, 0) is 16.0 Å². The summed E-state index contributed by atoms with van der Waals surface area (Å²) in [5.41, 5.74) is 1.14. The molecule has 0 atom stereocenters. The SMILES string of the molecule is CCN(CC)C(=O)CN(C)C(=O)CCc1ccccc1. The number of likely N-dealkylation sites (N-methyl/N-ethyl adjacent to an activating group) is 2. The van der Waals surface area contributed by atoms with Gasteiger partial charge < -0.3 is 9.80 Å². The van der Waals surface area contributed by atoms with Gasteiger partial charge in [0.2, 0.25) is 11.8 Å². The molecule has 0 N–H and O–H groups in total. The Kier molecular flexibility index (Phi) is 6.77. The first kappa shape index (κ1) is 16.2.